The van der Waals surface area contributed by atoms with Crippen LogP contribution in [0.4, 0.5) is 10.1 Å². The third kappa shape index (κ3) is 2.62. The molecule has 0 spiro atoms. The first-order valence-corrected chi connectivity index (χ1v) is 6.61. The van der Waals surface area contributed by atoms with Crippen molar-refractivity contribution in [2.75, 3.05) is 19.0 Å². The number of aryl methyl sites for hydroxylation is 1. The summed E-state index contributed by atoms with van der Waals surface area (Å²) in [7, 11) is 1.59. The Morgan fingerprint density at radius 1 is 1.32 bits per heavy atom. The number of aromatic nitrogens is 1. The Kier molecular flexibility index (Phi) is 4.20. The van der Waals surface area contributed by atoms with Gasteiger partial charge in [0.1, 0.15) is 17.1 Å². The van der Waals surface area contributed by atoms with Crippen molar-refractivity contribution >= 4 is 16.6 Å². The second-order valence-corrected chi connectivity index (χ2v) is 4.41. The van der Waals surface area contributed by atoms with E-state index in [2.05, 4.69) is 17.2 Å². The van der Waals surface area contributed by atoms with E-state index in [1.165, 1.54) is 6.07 Å². The van der Waals surface area contributed by atoms with Crippen molar-refractivity contribution in [3.63, 3.8) is 0 Å². The van der Waals surface area contributed by atoms with Gasteiger partial charge in [-0.25, -0.2) is 9.37 Å². The molecule has 2 aromatic rings. The summed E-state index contributed by atoms with van der Waals surface area (Å²) in [5.41, 5.74) is 2.16. The molecule has 0 saturated carbocycles. The van der Waals surface area contributed by atoms with Gasteiger partial charge in [0.2, 0.25) is 0 Å². The number of hydrogen-bond acceptors (Lipinski definition) is 3. The summed E-state index contributed by atoms with van der Waals surface area (Å²) in [5.74, 6) is 0.329. The molecule has 1 aromatic heterocycles. The number of anilines is 1. The van der Waals surface area contributed by atoms with Crippen LogP contribution in [-0.2, 0) is 6.42 Å². The predicted molar refractivity (Wildman–Crippen MR) is 76.4 cm³/mol. The van der Waals surface area contributed by atoms with Crippen LogP contribution in [-0.4, -0.2) is 18.6 Å². The molecule has 0 saturated heterocycles. The SMILES string of the molecule is CCCc1cc(NCC)c2c(OC)ccc(F)c2n1. The normalized spacial score (nSPS) is 10.7. The summed E-state index contributed by atoms with van der Waals surface area (Å²) in [6.45, 7) is 4.86. The molecule has 0 aliphatic rings. The van der Waals surface area contributed by atoms with Crippen LogP contribution in [0.25, 0.3) is 10.9 Å². The molecule has 0 bridgehead atoms. The number of ether oxygens (including phenoxy) is 1. The van der Waals surface area contributed by atoms with Crippen LogP contribution in [0.2, 0.25) is 0 Å². The first kappa shape index (κ1) is 13.6. The lowest BCUT2D eigenvalue weighted by atomic mass is 10.1. The maximum Gasteiger partial charge on any atom is 0.149 e. The van der Waals surface area contributed by atoms with E-state index in [9.17, 15) is 4.39 Å². The van der Waals surface area contributed by atoms with Crippen molar-refractivity contribution < 1.29 is 9.13 Å². The minimum absolute atomic E-state index is 0.312. The molecular formula is C15H19FN2O. The van der Waals surface area contributed by atoms with Crippen LogP contribution >= 0.6 is 0 Å². The number of methoxy groups -OCH3 is 1. The third-order valence-corrected chi connectivity index (χ3v) is 3.02. The highest BCUT2D eigenvalue weighted by molar-refractivity contribution is 5.97. The van der Waals surface area contributed by atoms with E-state index in [1.54, 1.807) is 13.2 Å². The molecule has 0 aliphatic carbocycles. The van der Waals surface area contributed by atoms with Gasteiger partial charge in [-0.15, -0.1) is 0 Å². The van der Waals surface area contributed by atoms with Crippen LogP contribution in [0.15, 0.2) is 18.2 Å². The summed E-state index contributed by atoms with van der Waals surface area (Å²) in [6, 6.07) is 5.02. The standard InChI is InChI=1S/C15H19FN2O/c1-4-6-10-9-12(17-5-2)14-13(19-3)8-7-11(16)15(14)18-10/h7-9H,4-6H2,1-3H3,(H,17,18). The molecular weight excluding hydrogens is 243 g/mol. The van der Waals surface area contributed by atoms with Gasteiger partial charge in [-0.2, -0.15) is 0 Å². The molecule has 0 atom stereocenters. The van der Waals surface area contributed by atoms with Gasteiger partial charge in [-0.3, -0.25) is 0 Å². The number of fused-ring (bicyclic) bond motifs is 1. The number of nitrogens with one attached hydrogen (secondary N) is 1. The van der Waals surface area contributed by atoms with Crippen molar-refractivity contribution in [3.8, 4) is 5.75 Å². The van der Waals surface area contributed by atoms with Gasteiger partial charge >= 0.3 is 0 Å². The monoisotopic (exact) mass is 262 g/mol. The second kappa shape index (κ2) is 5.87. The number of nitrogens with zero attached hydrogens (tertiary/aromatic N) is 1. The third-order valence-electron chi connectivity index (χ3n) is 3.02. The maximum absolute atomic E-state index is 14.0. The van der Waals surface area contributed by atoms with Crippen LogP contribution < -0.4 is 10.1 Å². The number of pyridine rings is 1. The van der Waals surface area contributed by atoms with E-state index >= 15 is 0 Å². The van der Waals surface area contributed by atoms with Gasteiger partial charge in [0.05, 0.1) is 12.5 Å². The Bertz CT molecular complexity index is 584. The van der Waals surface area contributed by atoms with Gasteiger partial charge in [-0.1, -0.05) is 13.3 Å². The van der Waals surface area contributed by atoms with E-state index in [4.69, 9.17) is 4.74 Å². The minimum Gasteiger partial charge on any atom is -0.496 e. The highest BCUT2D eigenvalue weighted by Crippen LogP contribution is 2.33. The molecule has 0 radical (unpaired) electrons. The second-order valence-electron chi connectivity index (χ2n) is 4.41. The van der Waals surface area contributed by atoms with Crippen molar-refractivity contribution in [3.05, 3.63) is 29.7 Å². The molecule has 0 fully saturated rings. The summed E-state index contributed by atoms with van der Waals surface area (Å²) < 4.78 is 19.3. The Morgan fingerprint density at radius 2 is 2.11 bits per heavy atom. The Labute approximate surface area is 112 Å². The lowest BCUT2D eigenvalue weighted by Gasteiger charge is -2.13. The van der Waals surface area contributed by atoms with Gasteiger partial charge in [-0.05, 0) is 31.5 Å². The molecule has 1 N–H and O–H groups in total. The zero-order chi connectivity index (χ0) is 13.8. The van der Waals surface area contributed by atoms with E-state index < -0.39 is 0 Å². The lowest BCUT2D eigenvalue weighted by Crippen LogP contribution is -2.03. The quantitative estimate of drug-likeness (QED) is 0.890. The van der Waals surface area contributed by atoms with Gasteiger partial charge in [0.25, 0.3) is 0 Å². The Balaban J connectivity index is 2.73. The molecule has 0 unspecified atom stereocenters. The lowest BCUT2D eigenvalue weighted by molar-refractivity contribution is 0.419. The first-order chi connectivity index (χ1) is 9.21. The average Bonchev–Trinajstić information content (AvgIpc) is 2.41. The van der Waals surface area contributed by atoms with E-state index in [0.29, 0.717) is 16.7 Å². The van der Waals surface area contributed by atoms with Crippen molar-refractivity contribution in [2.45, 2.75) is 26.7 Å². The smallest absolute Gasteiger partial charge is 0.149 e. The fourth-order valence-corrected chi connectivity index (χ4v) is 2.22. The fourth-order valence-electron chi connectivity index (χ4n) is 2.22. The minimum atomic E-state index is -0.312. The van der Waals surface area contributed by atoms with Crippen molar-refractivity contribution in [1.82, 2.24) is 4.98 Å². The van der Waals surface area contributed by atoms with E-state index in [0.717, 1.165) is 30.8 Å². The number of halogens is 1. The van der Waals surface area contributed by atoms with Gasteiger partial charge in [0, 0.05) is 17.9 Å². The Hall–Kier alpha value is -1.84. The highest BCUT2D eigenvalue weighted by atomic mass is 19.1. The Morgan fingerprint density at radius 3 is 2.74 bits per heavy atom. The molecule has 0 amide bonds. The molecule has 102 valence electrons. The van der Waals surface area contributed by atoms with E-state index in [-0.39, 0.29) is 5.82 Å². The molecule has 2 rings (SSSR count). The van der Waals surface area contributed by atoms with Crippen molar-refractivity contribution in [1.29, 1.82) is 0 Å². The van der Waals surface area contributed by atoms with E-state index in [1.807, 2.05) is 13.0 Å². The maximum atomic E-state index is 14.0. The fraction of sp³-hybridized carbons (Fsp3) is 0.400. The number of benzene rings is 1. The molecule has 4 heteroatoms. The molecule has 19 heavy (non-hydrogen) atoms. The zero-order valence-corrected chi connectivity index (χ0v) is 11.6. The number of rotatable bonds is 5. The average molecular weight is 262 g/mol. The molecule has 0 aliphatic heterocycles. The molecule has 1 heterocycles. The summed E-state index contributed by atoms with van der Waals surface area (Å²) >= 11 is 0. The zero-order valence-electron chi connectivity index (χ0n) is 11.6. The first-order valence-electron chi connectivity index (χ1n) is 6.61. The largest absolute Gasteiger partial charge is 0.496 e. The van der Waals surface area contributed by atoms with Crippen LogP contribution in [0.5, 0.6) is 5.75 Å². The topological polar surface area (TPSA) is 34.1 Å². The van der Waals surface area contributed by atoms with Gasteiger partial charge < -0.3 is 10.1 Å². The predicted octanol–water partition coefficient (Wildman–Crippen LogP) is 3.77. The summed E-state index contributed by atoms with van der Waals surface area (Å²) in [5, 5.41) is 3.98. The summed E-state index contributed by atoms with van der Waals surface area (Å²) in [6.07, 6.45) is 1.82. The van der Waals surface area contributed by atoms with Crippen LogP contribution in [0, 0.1) is 5.82 Å². The highest BCUT2D eigenvalue weighted by Gasteiger charge is 2.13. The number of hydrogen-bond donors (Lipinski definition) is 1. The molecule has 3 nitrogen and oxygen atoms in total. The van der Waals surface area contributed by atoms with Crippen LogP contribution in [0.3, 0.4) is 0 Å². The summed E-state index contributed by atoms with van der Waals surface area (Å²) in [4.78, 5) is 4.42. The van der Waals surface area contributed by atoms with Crippen LogP contribution in [0.1, 0.15) is 26.0 Å². The van der Waals surface area contributed by atoms with Crippen molar-refractivity contribution in [2.24, 2.45) is 0 Å². The molecule has 1 aromatic carbocycles. The van der Waals surface area contributed by atoms with Gasteiger partial charge in [0.15, 0.2) is 0 Å².